The zero-order chi connectivity index (χ0) is 10.6. The van der Waals surface area contributed by atoms with Crippen molar-refractivity contribution >= 4 is 23.4 Å². The number of nitrogens with zero attached hydrogens (tertiary/aromatic N) is 2. The predicted octanol–water partition coefficient (Wildman–Crippen LogP) is -0.0891. The minimum Gasteiger partial charge on any atom is -0.274 e. The predicted molar refractivity (Wildman–Crippen MR) is 48.3 cm³/mol. The topological polar surface area (TPSA) is 84.0 Å². The lowest BCUT2D eigenvalue weighted by Crippen LogP contribution is -2.40. The normalized spacial score (nSPS) is 9.29. The molecule has 2 N–H and O–H groups in total. The summed E-state index contributed by atoms with van der Waals surface area (Å²) in [6.45, 7) is 1.27. The van der Waals surface area contributed by atoms with Crippen molar-refractivity contribution in [1.82, 2.24) is 21.0 Å². The first kappa shape index (κ1) is 10.4. The van der Waals surface area contributed by atoms with Crippen molar-refractivity contribution in [3.63, 3.8) is 0 Å². The molecule has 0 saturated heterocycles. The molecule has 0 bridgehead atoms. The molecule has 0 saturated carbocycles. The Morgan fingerprint density at radius 1 is 1.29 bits per heavy atom. The SMILES string of the molecule is CC(=O)NNC(=O)c1ccc(Cl)nn1. The summed E-state index contributed by atoms with van der Waals surface area (Å²) in [5, 5.41) is 7.18. The molecule has 14 heavy (non-hydrogen) atoms. The number of nitrogens with one attached hydrogen (secondary N) is 2. The minimum atomic E-state index is -0.552. The van der Waals surface area contributed by atoms with E-state index in [1.807, 2.05) is 0 Å². The van der Waals surface area contributed by atoms with Gasteiger partial charge >= 0.3 is 0 Å². The Morgan fingerprint density at radius 2 is 2.00 bits per heavy atom. The number of hydrazine groups is 1. The molecule has 0 fully saturated rings. The number of halogens is 1. The molecule has 0 unspecified atom stereocenters. The standard InChI is InChI=1S/C7H7ClN4O2/c1-4(13)9-12-7(14)5-2-3-6(8)11-10-5/h2-3H,1H3,(H,9,13)(H,12,14). The van der Waals surface area contributed by atoms with E-state index in [0.717, 1.165) is 0 Å². The van der Waals surface area contributed by atoms with Gasteiger partial charge < -0.3 is 0 Å². The maximum absolute atomic E-state index is 11.2. The van der Waals surface area contributed by atoms with Crippen LogP contribution in [0.4, 0.5) is 0 Å². The average Bonchev–Trinajstić information content (AvgIpc) is 2.15. The highest BCUT2D eigenvalue weighted by atomic mass is 35.5. The summed E-state index contributed by atoms with van der Waals surface area (Å²) < 4.78 is 0. The molecule has 0 atom stereocenters. The summed E-state index contributed by atoms with van der Waals surface area (Å²) in [6.07, 6.45) is 0. The van der Waals surface area contributed by atoms with Crippen molar-refractivity contribution in [2.24, 2.45) is 0 Å². The second-order valence-corrected chi connectivity index (χ2v) is 2.76. The van der Waals surface area contributed by atoms with Crippen LogP contribution < -0.4 is 10.9 Å². The molecule has 6 nitrogen and oxygen atoms in total. The zero-order valence-electron chi connectivity index (χ0n) is 7.24. The number of carbonyl (C=O) groups is 2. The quantitative estimate of drug-likeness (QED) is 0.640. The Labute approximate surface area is 84.6 Å². The van der Waals surface area contributed by atoms with E-state index in [1.54, 1.807) is 0 Å². The zero-order valence-corrected chi connectivity index (χ0v) is 8.00. The van der Waals surface area contributed by atoms with Crippen LogP contribution in [0.3, 0.4) is 0 Å². The third kappa shape index (κ3) is 2.98. The van der Waals surface area contributed by atoms with Gasteiger partial charge in [0.1, 0.15) is 0 Å². The molecular formula is C7H7ClN4O2. The summed E-state index contributed by atoms with van der Waals surface area (Å²) in [5.41, 5.74) is 4.33. The van der Waals surface area contributed by atoms with Crippen LogP contribution in [0.1, 0.15) is 17.4 Å². The van der Waals surface area contributed by atoms with Crippen molar-refractivity contribution in [2.75, 3.05) is 0 Å². The van der Waals surface area contributed by atoms with Gasteiger partial charge in [-0.2, -0.15) is 0 Å². The average molecular weight is 215 g/mol. The molecule has 0 aliphatic carbocycles. The molecule has 1 rings (SSSR count). The molecule has 74 valence electrons. The Hall–Kier alpha value is -1.69. The molecule has 0 spiro atoms. The van der Waals surface area contributed by atoms with Crippen LogP contribution in [-0.4, -0.2) is 22.0 Å². The smallest absolute Gasteiger partial charge is 0.274 e. The first-order valence-corrected chi connectivity index (χ1v) is 4.03. The van der Waals surface area contributed by atoms with Gasteiger partial charge in [-0.25, -0.2) is 0 Å². The summed E-state index contributed by atoms with van der Waals surface area (Å²) in [4.78, 5) is 21.6. The number of hydrogen-bond acceptors (Lipinski definition) is 4. The van der Waals surface area contributed by atoms with Crippen LogP contribution in [0.5, 0.6) is 0 Å². The van der Waals surface area contributed by atoms with Crippen molar-refractivity contribution in [3.8, 4) is 0 Å². The van der Waals surface area contributed by atoms with Crippen LogP contribution in [0, 0.1) is 0 Å². The molecule has 1 aromatic heterocycles. The first-order valence-electron chi connectivity index (χ1n) is 3.66. The molecule has 0 aromatic carbocycles. The fourth-order valence-electron chi connectivity index (χ4n) is 0.646. The second-order valence-electron chi connectivity index (χ2n) is 2.38. The van der Waals surface area contributed by atoms with Gasteiger partial charge in [-0.05, 0) is 12.1 Å². The first-order chi connectivity index (χ1) is 6.59. The lowest BCUT2D eigenvalue weighted by atomic mass is 10.4. The van der Waals surface area contributed by atoms with E-state index in [0.29, 0.717) is 0 Å². The highest BCUT2D eigenvalue weighted by Gasteiger charge is 2.07. The van der Waals surface area contributed by atoms with Crippen molar-refractivity contribution < 1.29 is 9.59 Å². The maximum atomic E-state index is 11.2. The molecular weight excluding hydrogens is 208 g/mol. The lowest BCUT2D eigenvalue weighted by molar-refractivity contribution is -0.119. The van der Waals surface area contributed by atoms with E-state index < -0.39 is 5.91 Å². The lowest BCUT2D eigenvalue weighted by Gasteiger charge is -2.02. The van der Waals surface area contributed by atoms with Gasteiger partial charge in [-0.3, -0.25) is 20.4 Å². The summed E-state index contributed by atoms with van der Waals surface area (Å²) >= 11 is 5.47. The Morgan fingerprint density at radius 3 is 2.50 bits per heavy atom. The number of rotatable bonds is 1. The highest BCUT2D eigenvalue weighted by Crippen LogP contribution is 2.01. The van der Waals surface area contributed by atoms with Gasteiger partial charge in [0.05, 0.1) is 0 Å². The van der Waals surface area contributed by atoms with E-state index in [1.165, 1.54) is 19.1 Å². The molecule has 1 aromatic rings. The van der Waals surface area contributed by atoms with Crippen molar-refractivity contribution in [3.05, 3.63) is 23.0 Å². The largest absolute Gasteiger partial charge is 0.290 e. The van der Waals surface area contributed by atoms with Crippen LogP contribution in [0.15, 0.2) is 12.1 Å². The number of hydrogen-bond donors (Lipinski definition) is 2. The molecule has 0 radical (unpaired) electrons. The molecule has 0 aliphatic heterocycles. The van der Waals surface area contributed by atoms with Crippen LogP contribution in [-0.2, 0) is 4.79 Å². The van der Waals surface area contributed by atoms with E-state index in [-0.39, 0.29) is 16.8 Å². The Kier molecular flexibility index (Phi) is 3.35. The van der Waals surface area contributed by atoms with Crippen LogP contribution in [0.2, 0.25) is 5.15 Å². The van der Waals surface area contributed by atoms with Gasteiger partial charge in [0.25, 0.3) is 5.91 Å². The number of aromatic nitrogens is 2. The van der Waals surface area contributed by atoms with E-state index >= 15 is 0 Å². The van der Waals surface area contributed by atoms with Gasteiger partial charge in [-0.15, -0.1) is 10.2 Å². The van der Waals surface area contributed by atoms with Crippen LogP contribution >= 0.6 is 11.6 Å². The number of carbonyl (C=O) groups excluding carboxylic acids is 2. The number of amides is 2. The van der Waals surface area contributed by atoms with E-state index in [2.05, 4.69) is 21.0 Å². The molecule has 1 heterocycles. The highest BCUT2D eigenvalue weighted by molar-refractivity contribution is 6.29. The van der Waals surface area contributed by atoms with Gasteiger partial charge in [0.15, 0.2) is 10.8 Å². The summed E-state index contributed by atoms with van der Waals surface area (Å²) in [7, 11) is 0. The summed E-state index contributed by atoms with van der Waals surface area (Å²) in [6, 6.07) is 2.82. The maximum Gasteiger partial charge on any atom is 0.290 e. The summed E-state index contributed by atoms with van der Waals surface area (Å²) in [5.74, 6) is -0.926. The van der Waals surface area contributed by atoms with Crippen molar-refractivity contribution in [2.45, 2.75) is 6.92 Å². The second kappa shape index (κ2) is 4.52. The van der Waals surface area contributed by atoms with Gasteiger partial charge in [-0.1, -0.05) is 11.6 Å². The molecule has 7 heteroatoms. The van der Waals surface area contributed by atoms with E-state index in [9.17, 15) is 9.59 Å². The van der Waals surface area contributed by atoms with Gasteiger partial charge in [0, 0.05) is 6.92 Å². The third-order valence-electron chi connectivity index (χ3n) is 1.22. The Balaban J connectivity index is 2.61. The fraction of sp³-hybridized carbons (Fsp3) is 0.143. The third-order valence-corrected chi connectivity index (χ3v) is 1.42. The van der Waals surface area contributed by atoms with Crippen LogP contribution in [0.25, 0.3) is 0 Å². The minimum absolute atomic E-state index is 0.0724. The fourth-order valence-corrected chi connectivity index (χ4v) is 0.747. The molecule has 2 amide bonds. The van der Waals surface area contributed by atoms with E-state index in [4.69, 9.17) is 11.6 Å². The van der Waals surface area contributed by atoms with Crippen molar-refractivity contribution in [1.29, 1.82) is 0 Å². The Bertz CT molecular complexity index is 351. The monoisotopic (exact) mass is 214 g/mol. The van der Waals surface area contributed by atoms with Gasteiger partial charge in [0.2, 0.25) is 5.91 Å². The molecule has 0 aliphatic rings.